The smallest absolute Gasteiger partial charge is 0.193 e. The molecule has 2 aromatic rings. The van der Waals surface area contributed by atoms with Crippen LogP contribution in [-0.2, 0) is 4.79 Å². The Bertz CT molecular complexity index is 501. The lowest BCUT2D eigenvalue weighted by atomic mass is 10.1. The van der Waals surface area contributed by atoms with Crippen molar-refractivity contribution in [3.8, 4) is 23.2 Å². The van der Waals surface area contributed by atoms with Crippen LogP contribution in [0.25, 0.3) is 11.3 Å². The molecule has 0 unspecified atom stereocenters. The largest absolute Gasteiger partial charge is 0.356 e. The van der Waals surface area contributed by atoms with Crippen molar-refractivity contribution < 1.29 is 9.32 Å². The fourth-order valence-corrected chi connectivity index (χ4v) is 1.20. The molecule has 0 spiro atoms. The van der Waals surface area contributed by atoms with E-state index in [1.165, 1.54) is 0 Å². The second-order valence-electron chi connectivity index (χ2n) is 2.84. The Morgan fingerprint density at radius 2 is 2.00 bits per heavy atom. The van der Waals surface area contributed by atoms with Crippen molar-refractivity contribution in [2.24, 2.45) is 0 Å². The van der Waals surface area contributed by atoms with Crippen LogP contribution in [-0.4, -0.2) is 11.4 Å². The SMILES string of the molecule is O=CC#Cc1ccc(-c2ccno2)cc1. The second-order valence-corrected chi connectivity index (χ2v) is 2.84. The lowest BCUT2D eigenvalue weighted by molar-refractivity contribution is -0.103. The third-order valence-corrected chi connectivity index (χ3v) is 1.88. The summed E-state index contributed by atoms with van der Waals surface area (Å²) in [6.07, 6.45) is 2.17. The van der Waals surface area contributed by atoms with Gasteiger partial charge in [-0.2, -0.15) is 0 Å². The van der Waals surface area contributed by atoms with Crippen molar-refractivity contribution in [1.29, 1.82) is 0 Å². The van der Waals surface area contributed by atoms with Crippen LogP contribution in [0.4, 0.5) is 0 Å². The molecular weight excluding hydrogens is 190 g/mol. The molecule has 3 nitrogen and oxygen atoms in total. The van der Waals surface area contributed by atoms with E-state index in [0.29, 0.717) is 12.0 Å². The standard InChI is InChI=1S/C12H7NO2/c14-9-1-2-10-3-5-11(6-4-10)12-7-8-13-15-12/h3-9H. The summed E-state index contributed by atoms with van der Waals surface area (Å²) in [4.78, 5) is 10.0. The molecule has 0 saturated carbocycles. The van der Waals surface area contributed by atoms with E-state index in [1.54, 1.807) is 12.3 Å². The van der Waals surface area contributed by atoms with Gasteiger partial charge in [-0.1, -0.05) is 11.1 Å². The van der Waals surface area contributed by atoms with Gasteiger partial charge in [-0.25, -0.2) is 0 Å². The summed E-state index contributed by atoms with van der Waals surface area (Å²) >= 11 is 0. The zero-order valence-corrected chi connectivity index (χ0v) is 7.81. The summed E-state index contributed by atoms with van der Waals surface area (Å²) in [5.41, 5.74) is 1.73. The summed E-state index contributed by atoms with van der Waals surface area (Å²) in [5.74, 6) is 5.77. The number of carbonyl (C=O) groups excluding carboxylic acids is 1. The number of hydrogen-bond acceptors (Lipinski definition) is 3. The van der Waals surface area contributed by atoms with Crippen molar-refractivity contribution in [3.05, 3.63) is 42.1 Å². The minimum atomic E-state index is 0.574. The summed E-state index contributed by atoms with van der Waals surface area (Å²) in [6.45, 7) is 0. The van der Waals surface area contributed by atoms with Gasteiger partial charge in [0.25, 0.3) is 0 Å². The van der Waals surface area contributed by atoms with Crippen LogP contribution in [0, 0.1) is 11.8 Å². The molecule has 72 valence electrons. The molecule has 1 aromatic heterocycles. The van der Waals surface area contributed by atoms with Crippen LogP contribution in [0.15, 0.2) is 41.1 Å². The molecule has 1 heterocycles. The van der Waals surface area contributed by atoms with Crippen LogP contribution in [0.3, 0.4) is 0 Å². The van der Waals surface area contributed by atoms with Crippen LogP contribution >= 0.6 is 0 Å². The maximum absolute atomic E-state index is 10.0. The van der Waals surface area contributed by atoms with E-state index in [9.17, 15) is 4.79 Å². The molecule has 0 fully saturated rings. The Morgan fingerprint density at radius 1 is 1.20 bits per heavy atom. The van der Waals surface area contributed by atoms with E-state index in [1.807, 2.05) is 24.3 Å². The van der Waals surface area contributed by atoms with Gasteiger partial charge in [0.2, 0.25) is 0 Å². The summed E-state index contributed by atoms with van der Waals surface area (Å²) in [6, 6.07) is 9.18. The highest BCUT2D eigenvalue weighted by Crippen LogP contribution is 2.18. The fourth-order valence-electron chi connectivity index (χ4n) is 1.20. The van der Waals surface area contributed by atoms with Gasteiger partial charge in [-0.15, -0.1) is 0 Å². The first-order valence-corrected chi connectivity index (χ1v) is 4.36. The Hall–Kier alpha value is -2.34. The van der Waals surface area contributed by atoms with E-state index < -0.39 is 0 Å². The summed E-state index contributed by atoms with van der Waals surface area (Å²) in [7, 11) is 0. The van der Waals surface area contributed by atoms with E-state index in [0.717, 1.165) is 11.1 Å². The molecular formula is C12H7NO2. The van der Waals surface area contributed by atoms with Gasteiger partial charge < -0.3 is 4.52 Å². The molecule has 0 bridgehead atoms. The molecule has 2 rings (SSSR count). The highest BCUT2D eigenvalue weighted by molar-refractivity contribution is 5.74. The fraction of sp³-hybridized carbons (Fsp3) is 0. The highest BCUT2D eigenvalue weighted by Gasteiger charge is 1.99. The third-order valence-electron chi connectivity index (χ3n) is 1.88. The summed E-state index contributed by atoms with van der Waals surface area (Å²) in [5, 5.41) is 3.62. The molecule has 0 saturated heterocycles. The molecule has 0 aliphatic rings. The molecule has 15 heavy (non-hydrogen) atoms. The average Bonchev–Trinajstić information content (AvgIpc) is 2.80. The van der Waals surface area contributed by atoms with Crippen molar-refractivity contribution in [1.82, 2.24) is 5.16 Å². The van der Waals surface area contributed by atoms with E-state index >= 15 is 0 Å². The van der Waals surface area contributed by atoms with Gasteiger partial charge in [0, 0.05) is 17.2 Å². The number of aldehydes is 1. The topological polar surface area (TPSA) is 43.1 Å². The van der Waals surface area contributed by atoms with Gasteiger partial charge in [0.1, 0.15) is 0 Å². The van der Waals surface area contributed by atoms with Crippen molar-refractivity contribution >= 4 is 6.29 Å². The number of aromatic nitrogens is 1. The molecule has 0 amide bonds. The van der Waals surface area contributed by atoms with Crippen molar-refractivity contribution in [2.75, 3.05) is 0 Å². The Morgan fingerprint density at radius 3 is 2.60 bits per heavy atom. The van der Waals surface area contributed by atoms with Crippen molar-refractivity contribution in [2.45, 2.75) is 0 Å². The molecule has 0 N–H and O–H groups in total. The molecule has 0 radical (unpaired) electrons. The lowest BCUT2D eigenvalue weighted by Gasteiger charge is -1.94. The maximum atomic E-state index is 10.0. The van der Waals surface area contributed by atoms with Gasteiger partial charge in [-0.3, -0.25) is 4.79 Å². The first-order valence-electron chi connectivity index (χ1n) is 4.36. The van der Waals surface area contributed by atoms with Crippen LogP contribution in [0.5, 0.6) is 0 Å². The zero-order valence-electron chi connectivity index (χ0n) is 7.81. The van der Waals surface area contributed by atoms with Crippen molar-refractivity contribution in [3.63, 3.8) is 0 Å². The van der Waals surface area contributed by atoms with Crippen LogP contribution < -0.4 is 0 Å². The van der Waals surface area contributed by atoms with Gasteiger partial charge in [-0.05, 0) is 30.2 Å². The van der Waals surface area contributed by atoms with Crippen LogP contribution in [0.1, 0.15) is 5.56 Å². The monoisotopic (exact) mass is 197 g/mol. The molecule has 1 aromatic carbocycles. The number of carbonyl (C=O) groups is 1. The molecule has 0 aliphatic heterocycles. The van der Waals surface area contributed by atoms with Crippen LogP contribution in [0.2, 0.25) is 0 Å². The minimum absolute atomic E-state index is 0.574. The average molecular weight is 197 g/mol. The third kappa shape index (κ3) is 2.12. The highest BCUT2D eigenvalue weighted by atomic mass is 16.5. The van der Waals surface area contributed by atoms with Gasteiger partial charge in [0.05, 0.1) is 6.20 Å². The quantitative estimate of drug-likeness (QED) is 0.518. The van der Waals surface area contributed by atoms with Gasteiger partial charge >= 0.3 is 0 Å². The first kappa shape index (κ1) is 9.22. The maximum Gasteiger partial charge on any atom is 0.193 e. The molecule has 0 atom stereocenters. The number of nitrogens with zero attached hydrogens (tertiary/aromatic N) is 1. The number of hydrogen-bond donors (Lipinski definition) is 0. The predicted octanol–water partition coefficient (Wildman–Crippen LogP) is 1.89. The summed E-state index contributed by atoms with van der Waals surface area (Å²) < 4.78 is 5.00. The Kier molecular flexibility index (Phi) is 2.61. The second kappa shape index (κ2) is 4.25. The number of rotatable bonds is 1. The lowest BCUT2D eigenvalue weighted by Crippen LogP contribution is -1.76. The van der Waals surface area contributed by atoms with E-state index in [2.05, 4.69) is 17.0 Å². The number of benzene rings is 1. The molecule has 3 heteroatoms. The van der Waals surface area contributed by atoms with E-state index in [4.69, 9.17) is 4.52 Å². The molecule has 0 aliphatic carbocycles. The zero-order chi connectivity index (χ0) is 10.5. The Balaban J connectivity index is 2.28. The minimum Gasteiger partial charge on any atom is -0.356 e. The normalized spacial score (nSPS) is 9.07. The first-order chi connectivity index (χ1) is 7.40. The predicted molar refractivity (Wildman–Crippen MR) is 54.9 cm³/mol. The Labute approximate surface area is 86.7 Å². The van der Waals surface area contributed by atoms with E-state index in [-0.39, 0.29) is 0 Å². The van der Waals surface area contributed by atoms with Gasteiger partial charge in [0.15, 0.2) is 12.0 Å².